The average molecular weight is 400 g/mol. The highest BCUT2D eigenvalue weighted by atomic mass is 32.1. The number of anilines is 1. The minimum absolute atomic E-state index is 0.132. The molecule has 0 saturated heterocycles. The van der Waals surface area contributed by atoms with Crippen LogP contribution in [0.4, 0.5) is 5.69 Å². The van der Waals surface area contributed by atoms with Gasteiger partial charge in [-0.1, -0.05) is 37.8 Å². The van der Waals surface area contributed by atoms with Crippen LogP contribution in [0.3, 0.4) is 0 Å². The van der Waals surface area contributed by atoms with Crippen molar-refractivity contribution in [2.45, 2.75) is 31.4 Å². The fourth-order valence-electron chi connectivity index (χ4n) is 2.68. The summed E-state index contributed by atoms with van der Waals surface area (Å²) in [5, 5.41) is 9.08. The Hall–Kier alpha value is -2.11. The molecule has 0 bridgehead atoms. The van der Waals surface area contributed by atoms with Gasteiger partial charge < -0.3 is 16.4 Å². The Morgan fingerprint density at radius 2 is 2.11 bits per heavy atom. The van der Waals surface area contributed by atoms with Gasteiger partial charge in [0, 0.05) is 39.3 Å². The molecule has 0 aliphatic heterocycles. The fraction of sp³-hybridized carbons (Fsp3) is 0.273. The van der Waals surface area contributed by atoms with E-state index in [4.69, 9.17) is 18.4 Å². The minimum atomic E-state index is 0.132. The molecule has 2 aromatic rings. The first-order valence-corrected chi connectivity index (χ1v) is 10.6. The van der Waals surface area contributed by atoms with Crippen molar-refractivity contribution in [3.8, 4) is 0 Å². The molecule has 0 amide bonds. The lowest BCUT2D eigenvalue weighted by Crippen LogP contribution is -2.14. The third kappa shape index (κ3) is 7.19. The second-order valence-electron chi connectivity index (χ2n) is 6.24. The van der Waals surface area contributed by atoms with Gasteiger partial charge in [0.05, 0.1) is 0 Å². The highest BCUT2D eigenvalue weighted by Gasteiger charge is 2.08. The molecule has 0 aliphatic carbocycles. The van der Waals surface area contributed by atoms with Gasteiger partial charge in [0.1, 0.15) is 0 Å². The van der Waals surface area contributed by atoms with Crippen LogP contribution in [0.25, 0.3) is 5.70 Å². The van der Waals surface area contributed by atoms with E-state index in [1.54, 1.807) is 11.3 Å². The number of thiophene rings is 1. The van der Waals surface area contributed by atoms with Crippen molar-refractivity contribution in [3.05, 3.63) is 82.8 Å². The molecule has 27 heavy (non-hydrogen) atoms. The molecule has 1 atom stereocenters. The standard InChI is InChI=1S/C22H29N3S2/c1-3-14-24-22-9-5-4-8-21(22)17(2)25-18(12-13-23)16-19(26)10-11-20-7-6-15-27-20/h4-9,12-13,15-16,19,24-26H,2-3,10-11,14,23H2,1H3/b13-12-,18-16+. The SMILES string of the molecule is C=C(NC(/C=C\N)=C/C(S)CCc1cccs1)c1ccccc1NCCC. The molecule has 1 aromatic carbocycles. The minimum Gasteiger partial charge on any atom is -0.405 e. The van der Waals surface area contributed by atoms with E-state index in [2.05, 4.69) is 59.9 Å². The van der Waals surface area contributed by atoms with Crippen molar-refractivity contribution in [1.82, 2.24) is 5.32 Å². The van der Waals surface area contributed by atoms with E-state index in [1.165, 1.54) is 11.1 Å². The summed E-state index contributed by atoms with van der Waals surface area (Å²) in [6.07, 6.45) is 8.53. The molecule has 144 valence electrons. The van der Waals surface area contributed by atoms with E-state index in [0.29, 0.717) is 0 Å². The largest absolute Gasteiger partial charge is 0.405 e. The molecule has 3 nitrogen and oxygen atoms in total. The zero-order chi connectivity index (χ0) is 19.5. The van der Waals surface area contributed by atoms with Gasteiger partial charge in [0.25, 0.3) is 0 Å². The summed E-state index contributed by atoms with van der Waals surface area (Å²) in [6.45, 7) is 7.30. The van der Waals surface area contributed by atoms with Gasteiger partial charge in [0.2, 0.25) is 0 Å². The first kappa shape index (κ1) is 21.2. The van der Waals surface area contributed by atoms with Crippen LogP contribution in [0.1, 0.15) is 30.2 Å². The van der Waals surface area contributed by atoms with Gasteiger partial charge in [-0.15, -0.1) is 11.3 Å². The maximum absolute atomic E-state index is 5.64. The quantitative estimate of drug-likeness (QED) is 0.301. The Bertz CT molecular complexity index is 764. The first-order chi connectivity index (χ1) is 13.1. The van der Waals surface area contributed by atoms with Crippen LogP contribution in [0, 0.1) is 0 Å². The van der Waals surface area contributed by atoms with Gasteiger partial charge in [0.15, 0.2) is 0 Å². The molecule has 0 saturated carbocycles. The van der Waals surface area contributed by atoms with E-state index in [1.807, 2.05) is 18.2 Å². The van der Waals surface area contributed by atoms with E-state index in [-0.39, 0.29) is 5.25 Å². The molecule has 4 N–H and O–H groups in total. The molecule has 0 fully saturated rings. The Morgan fingerprint density at radius 1 is 1.30 bits per heavy atom. The number of para-hydroxylation sites is 1. The molecular formula is C22H29N3S2. The molecule has 1 aromatic heterocycles. The van der Waals surface area contributed by atoms with Gasteiger partial charge in [-0.2, -0.15) is 12.6 Å². The zero-order valence-corrected chi connectivity index (χ0v) is 17.5. The predicted molar refractivity (Wildman–Crippen MR) is 124 cm³/mol. The summed E-state index contributed by atoms with van der Waals surface area (Å²) in [5.41, 5.74) is 9.50. The monoisotopic (exact) mass is 399 g/mol. The molecule has 0 aliphatic rings. The lowest BCUT2D eigenvalue weighted by molar-refractivity contribution is 0.865. The maximum atomic E-state index is 5.64. The number of hydrogen-bond donors (Lipinski definition) is 4. The molecular weight excluding hydrogens is 370 g/mol. The molecule has 2 rings (SSSR count). The van der Waals surface area contributed by atoms with Crippen LogP contribution in [0.2, 0.25) is 0 Å². The molecule has 0 spiro atoms. The maximum Gasteiger partial charge on any atom is 0.0434 e. The lowest BCUT2D eigenvalue weighted by atomic mass is 10.1. The van der Waals surface area contributed by atoms with Crippen LogP contribution >= 0.6 is 24.0 Å². The Labute approximate surface area is 172 Å². The summed E-state index contributed by atoms with van der Waals surface area (Å²) in [4.78, 5) is 1.38. The number of allylic oxidation sites excluding steroid dienone is 1. The summed E-state index contributed by atoms with van der Waals surface area (Å²) in [6, 6.07) is 12.4. The second-order valence-corrected chi connectivity index (χ2v) is 7.94. The third-order valence-corrected chi connectivity index (χ3v) is 5.37. The highest BCUT2D eigenvalue weighted by Crippen LogP contribution is 2.22. The van der Waals surface area contributed by atoms with Crippen LogP contribution in [-0.2, 0) is 6.42 Å². The van der Waals surface area contributed by atoms with E-state index in [0.717, 1.165) is 48.5 Å². The van der Waals surface area contributed by atoms with Crippen LogP contribution < -0.4 is 16.4 Å². The van der Waals surface area contributed by atoms with Gasteiger partial charge >= 0.3 is 0 Å². The average Bonchev–Trinajstić information content (AvgIpc) is 3.18. The predicted octanol–water partition coefficient (Wildman–Crippen LogP) is 5.42. The third-order valence-electron chi connectivity index (χ3n) is 4.03. The van der Waals surface area contributed by atoms with Crippen LogP contribution in [0.15, 0.2) is 72.4 Å². The normalized spacial score (nSPS) is 12.9. The van der Waals surface area contributed by atoms with Crippen molar-refractivity contribution in [2.24, 2.45) is 5.73 Å². The first-order valence-electron chi connectivity index (χ1n) is 9.23. The molecule has 1 heterocycles. The highest BCUT2D eigenvalue weighted by molar-refractivity contribution is 7.81. The van der Waals surface area contributed by atoms with Crippen molar-refractivity contribution in [3.63, 3.8) is 0 Å². The van der Waals surface area contributed by atoms with Crippen molar-refractivity contribution >= 4 is 35.4 Å². The van der Waals surface area contributed by atoms with Crippen LogP contribution in [0.5, 0.6) is 0 Å². The van der Waals surface area contributed by atoms with Gasteiger partial charge in [-0.25, -0.2) is 0 Å². The summed E-state index contributed by atoms with van der Waals surface area (Å²) >= 11 is 6.51. The molecule has 0 radical (unpaired) electrons. The van der Waals surface area contributed by atoms with E-state index < -0.39 is 0 Å². The second kappa shape index (κ2) is 11.6. The zero-order valence-electron chi connectivity index (χ0n) is 15.8. The molecule has 1 unspecified atom stereocenters. The van der Waals surface area contributed by atoms with Crippen molar-refractivity contribution in [1.29, 1.82) is 0 Å². The summed E-state index contributed by atoms with van der Waals surface area (Å²) in [5.74, 6) is 0. The van der Waals surface area contributed by atoms with Gasteiger partial charge in [-0.05, 0) is 55.1 Å². The van der Waals surface area contributed by atoms with Crippen LogP contribution in [-0.4, -0.2) is 11.8 Å². The number of hydrogen-bond acceptors (Lipinski definition) is 5. The van der Waals surface area contributed by atoms with E-state index >= 15 is 0 Å². The number of rotatable bonds is 11. The molecule has 5 heteroatoms. The number of aryl methyl sites for hydroxylation is 1. The van der Waals surface area contributed by atoms with E-state index in [9.17, 15) is 0 Å². The number of nitrogens with one attached hydrogen (secondary N) is 2. The number of nitrogens with two attached hydrogens (primary N) is 1. The summed E-state index contributed by atoms with van der Waals surface area (Å²) < 4.78 is 0. The fourth-order valence-corrected chi connectivity index (χ4v) is 3.69. The van der Waals surface area contributed by atoms with Crippen molar-refractivity contribution < 1.29 is 0 Å². The Morgan fingerprint density at radius 3 is 2.81 bits per heavy atom. The number of thiol groups is 1. The smallest absolute Gasteiger partial charge is 0.0434 e. The summed E-state index contributed by atoms with van der Waals surface area (Å²) in [7, 11) is 0. The van der Waals surface area contributed by atoms with Crippen molar-refractivity contribution in [2.75, 3.05) is 11.9 Å². The Balaban J connectivity index is 2.05. The Kier molecular flexibility index (Phi) is 9.08. The number of benzene rings is 1. The van der Waals surface area contributed by atoms with Gasteiger partial charge in [-0.3, -0.25) is 0 Å². The lowest BCUT2D eigenvalue weighted by Gasteiger charge is -2.17. The topological polar surface area (TPSA) is 50.1 Å².